The Bertz CT molecular complexity index is 827. The summed E-state index contributed by atoms with van der Waals surface area (Å²) in [6, 6.07) is 14.2. The molecule has 2 aromatic carbocycles. The van der Waals surface area contributed by atoms with E-state index >= 15 is 0 Å². The van der Waals surface area contributed by atoms with Gasteiger partial charge in [-0.2, -0.15) is 0 Å². The maximum atomic E-state index is 11.3. The number of carboxylic acid groups (broad SMARTS) is 1. The van der Waals surface area contributed by atoms with E-state index in [4.69, 9.17) is 4.74 Å². The first kappa shape index (κ1) is 13.1. The number of hydrogen-bond donors (Lipinski definition) is 1. The Morgan fingerprint density at radius 3 is 2.48 bits per heavy atom. The van der Waals surface area contributed by atoms with E-state index in [-0.39, 0.29) is 5.56 Å². The summed E-state index contributed by atoms with van der Waals surface area (Å²) in [7, 11) is 0. The minimum atomic E-state index is -0.949. The molecule has 3 aromatic rings. The van der Waals surface area contributed by atoms with Crippen molar-refractivity contribution < 1.29 is 14.6 Å². The van der Waals surface area contributed by atoms with Crippen molar-refractivity contribution in [2.75, 3.05) is 0 Å². The fourth-order valence-electron chi connectivity index (χ4n) is 2.24. The number of aromatic carboxylic acids is 1. The van der Waals surface area contributed by atoms with Crippen LogP contribution in [0, 0.1) is 6.92 Å². The number of carboxylic acids is 1. The number of fused-ring (bicyclic) bond motifs is 1. The van der Waals surface area contributed by atoms with Crippen LogP contribution in [0.5, 0.6) is 11.5 Å². The molecule has 0 aliphatic heterocycles. The zero-order valence-electron chi connectivity index (χ0n) is 11.4. The highest BCUT2D eigenvalue weighted by Gasteiger charge is 2.12. The molecule has 0 unspecified atom stereocenters. The van der Waals surface area contributed by atoms with Crippen molar-refractivity contribution in [3.8, 4) is 11.5 Å². The van der Waals surface area contributed by atoms with Crippen molar-refractivity contribution in [2.24, 2.45) is 0 Å². The predicted molar refractivity (Wildman–Crippen MR) is 80.0 cm³/mol. The van der Waals surface area contributed by atoms with Crippen LogP contribution < -0.4 is 4.74 Å². The van der Waals surface area contributed by atoms with Gasteiger partial charge in [0.2, 0.25) is 0 Å². The molecule has 0 aliphatic carbocycles. The summed E-state index contributed by atoms with van der Waals surface area (Å²) < 4.78 is 5.90. The smallest absolute Gasteiger partial charge is 0.336 e. The van der Waals surface area contributed by atoms with Gasteiger partial charge in [-0.1, -0.05) is 24.3 Å². The van der Waals surface area contributed by atoms with E-state index in [1.165, 1.54) is 0 Å². The van der Waals surface area contributed by atoms with Gasteiger partial charge in [-0.15, -0.1) is 0 Å². The highest BCUT2D eigenvalue weighted by atomic mass is 16.5. The molecule has 0 aliphatic rings. The summed E-state index contributed by atoms with van der Waals surface area (Å²) in [6.07, 6.45) is 1.70. The molecule has 104 valence electrons. The fourth-order valence-corrected chi connectivity index (χ4v) is 2.24. The maximum Gasteiger partial charge on any atom is 0.336 e. The number of pyridine rings is 1. The van der Waals surface area contributed by atoms with Gasteiger partial charge in [0.25, 0.3) is 0 Å². The topological polar surface area (TPSA) is 59.4 Å². The highest BCUT2D eigenvalue weighted by molar-refractivity contribution is 6.05. The second kappa shape index (κ2) is 5.25. The Hall–Kier alpha value is -2.88. The number of hydrogen-bond acceptors (Lipinski definition) is 3. The number of benzene rings is 2. The average molecular weight is 279 g/mol. The van der Waals surface area contributed by atoms with Gasteiger partial charge in [-0.05, 0) is 36.6 Å². The molecule has 0 amide bonds. The monoisotopic (exact) mass is 279 g/mol. The molecule has 0 bridgehead atoms. The molecule has 4 nitrogen and oxygen atoms in total. The van der Waals surface area contributed by atoms with Gasteiger partial charge in [0.1, 0.15) is 11.5 Å². The molecule has 0 radical (unpaired) electrons. The van der Waals surface area contributed by atoms with Crippen molar-refractivity contribution in [1.82, 2.24) is 4.98 Å². The molecule has 1 heterocycles. The summed E-state index contributed by atoms with van der Waals surface area (Å²) >= 11 is 0. The lowest BCUT2D eigenvalue weighted by atomic mass is 10.0. The van der Waals surface area contributed by atoms with E-state index in [1.807, 2.05) is 31.2 Å². The van der Waals surface area contributed by atoms with Crippen molar-refractivity contribution in [3.05, 3.63) is 66.0 Å². The molecule has 0 fully saturated rings. The van der Waals surface area contributed by atoms with Crippen LogP contribution >= 0.6 is 0 Å². The van der Waals surface area contributed by atoms with E-state index in [1.54, 1.807) is 30.5 Å². The highest BCUT2D eigenvalue weighted by Crippen LogP contribution is 2.32. The zero-order chi connectivity index (χ0) is 14.8. The Morgan fingerprint density at radius 1 is 1.00 bits per heavy atom. The summed E-state index contributed by atoms with van der Waals surface area (Å²) in [5.74, 6) is 0.327. The third kappa shape index (κ3) is 2.43. The van der Waals surface area contributed by atoms with Gasteiger partial charge in [-0.25, -0.2) is 4.79 Å². The normalized spacial score (nSPS) is 10.5. The molecule has 1 N–H and O–H groups in total. The van der Waals surface area contributed by atoms with Crippen LogP contribution in [0.1, 0.15) is 16.1 Å². The second-order valence-corrected chi connectivity index (χ2v) is 4.65. The van der Waals surface area contributed by atoms with E-state index in [0.717, 1.165) is 11.1 Å². The Balaban J connectivity index is 2.14. The molecule has 0 atom stereocenters. The summed E-state index contributed by atoms with van der Waals surface area (Å²) in [6.45, 7) is 1.86. The van der Waals surface area contributed by atoms with Crippen LogP contribution in [0.2, 0.25) is 0 Å². The number of nitrogens with zero attached hydrogens (tertiary/aromatic N) is 1. The lowest BCUT2D eigenvalue weighted by Crippen LogP contribution is -1.98. The molecular weight excluding hydrogens is 266 g/mol. The lowest BCUT2D eigenvalue weighted by molar-refractivity contribution is 0.0699. The first-order valence-electron chi connectivity index (χ1n) is 6.51. The van der Waals surface area contributed by atoms with Gasteiger partial charge in [-0.3, -0.25) is 4.98 Å². The van der Waals surface area contributed by atoms with Gasteiger partial charge < -0.3 is 9.84 Å². The van der Waals surface area contributed by atoms with E-state index < -0.39 is 5.97 Å². The molecule has 3 rings (SSSR count). The third-order valence-corrected chi connectivity index (χ3v) is 3.29. The number of carbonyl (C=O) groups is 1. The van der Waals surface area contributed by atoms with Crippen molar-refractivity contribution in [1.29, 1.82) is 0 Å². The molecule has 0 saturated carbocycles. The third-order valence-electron chi connectivity index (χ3n) is 3.29. The van der Waals surface area contributed by atoms with Gasteiger partial charge in [0, 0.05) is 11.6 Å². The van der Waals surface area contributed by atoms with E-state index in [2.05, 4.69) is 4.98 Å². The molecule has 0 spiro atoms. The summed E-state index contributed by atoms with van der Waals surface area (Å²) in [5, 5.41) is 10.7. The minimum absolute atomic E-state index is 0.265. The zero-order valence-corrected chi connectivity index (χ0v) is 11.4. The van der Waals surface area contributed by atoms with Crippen LogP contribution in [0.15, 0.2) is 54.7 Å². The standard InChI is InChI=1S/C17H13NO3/c1-11-15(7-4-10-18-11)21-16-9-8-14(17(19)20)12-5-2-3-6-13(12)16/h2-10H,1H3,(H,19,20). The largest absolute Gasteiger partial charge is 0.478 e. The Morgan fingerprint density at radius 2 is 1.76 bits per heavy atom. The first-order chi connectivity index (χ1) is 10.2. The molecule has 21 heavy (non-hydrogen) atoms. The SMILES string of the molecule is Cc1ncccc1Oc1ccc(C(=O)O)c2ccccc12. The van der Waals surface area contributed by atoms with Crippen LogP contribution in [0.25, 0.3) is 10.8 Å². The average Bonchev–Trinajstić information content (AvgIpc) is 2.49. The van der Waals surface area contributed by atoms with E-state index in [0.29, 0.717) is 16.9 Å². The van der Waals surface area contributed by atoms with Crippen LogP contribution in [-0.4, -0.2) is 16.1 Å². The summed E-state index contributed by atoms with van der Waals surface area (Å²) in [4.78, 5) is 15.5. The fraction of sp³-hybridized carbons (Fsp3) is 0.0588. The van der Waals surface area contributed by atoms with Crippen LogP contribution in [0.3, 0.4) is 0 Å². The van der Waals surface area contributed by atoms with Crippen LogP contribution in [0.4, 0.5) is 0 Å². The van der Waals surface area contributed by atoms with Gasteiger partial charge in [0.15, 0.2) is 0 Å². The quantitative estimate of drug-likeness (QED) is 0.786. The maximum absolute atomic E-state index is 11.3. The number of ether oxygens (including phenoxy) is 1. The molecule has 4 heteroatoms. The lowest BCUT2D eigenvalue weighted by Gasteiger charge is -2.11. The van der Waals surface area contributed by atoms with Crippen molar-refractivity contribution in [2.45, 2.75) is 6.92 Å². The van der Waals surface area contributed by atoms with Crippen molar-refractivity contribution in [3.63, 3.8) is 0 Å². The van der Waals surface area contributed by atoms with Gasteiger partial charge in [0.05, 0.1) is 11.3 Å². The Labute approximate surface area is 121 Å². The molecule has 1 aromatic heterocycles. The molecule has 0 saturated heterocycles. The number of aromatic nitrogens is 1. The molecular formula is C17H13NO3. The van der Waals surface area contributed by atoms with Crippen molar-refractivity contribution >= 4 is 16.7 Å². The second-order valence-electron chi connectivity index (χ2n) is 4.65. The summed E-state index contributed by atoms with van der Waals surface area (Å²) in [5.41, 5.74) is 1.05. The first-order valence-corrected chi connectivity index (χ1v) is 6.51. The number of aryl methyl sites for hydroxylation is 1. The Kier molecular flexibility index (Phi) is 3.28. The van der Waals surface area contributed by atoms with Crippen LogP contribution in [-0.2, 0) is 0 Å². The van der Waals surface area contributed by atoms with Gasteiger partial charge >= 0.3 is 5.97 Å². The number of rotatable bonds is 3. The van der Waals surface area contributed by atoms with E-state index in [9.17, 15) is 9.90 Å². The minimum Gasteiger partial charge on any atom is -0.478 e. The predicted octanol–water partition coefficient (Wildman–Crippen LogP) is 4.03.